The highest BCUT2D eigenvalue weighted by Crippen LogP contribution is 2.39. The van der Waals surface area contributed by atoms with Crippen molar-refractivity contribution in [3.63, 3.8) is 0 Å². The van der Waals surface area contributed by atoms with Gasteiger partial charge in [-0.25, -0.2) is 0 Å². The zero-order valence-electron chi connectivity index (χ0n) is 13.4. The fraction of sp³-hybridized carbons (Fsp3) is 0.588. The van der Waals surface area contributed by atoms with E-state index >= 15 is 0 Å². The van der Waals surface area contributed by atoms with Crippen LogP contribution in [0.5, 0.6) is 0 Å². The molecule has 0 amide bonds. The summed E-state index contributed by atoms with van der Waals surface area (Å²) < 4.78 is 11.9. The van der Waals surface area contributed by atoms with Crippen LogP contribution < -0.4 is 11.1 Å². The van der Waals surface area contributed by atoms with Gasteiger partial charge in [-0.2, -0.15) is 0 Å². The first-order chi connectivity index (χ1) is 10.5. The van der Waals surface area contributed by atoms with Crippen molar-refractivity contribution in [1.82, 2.24) is 0 Å². The van der Waals surface area contributed by atoms with Crippen LogP contribution in [0.15, 0.2) is 23.2 Å². The molecule has 1 saturated carbocycles. The minimum absolute atomic E-state index is 0.0118. The van der Waals surface area contributed by atoms with Crippen molar-refractivity contribution in [2.75, 3.05) is 18.5 Å². The summed E-state index contributed by atoms with van der Waals surface area (Å²) >= 11 is 0. The summed E-state index contributed by atoms with van der Waals surface area (Å²) in [5.41, 5.74) is 9.34. The predicted molar refractivity (Wildman–Crippen MR) is 88.1 cm³/mol. The molecule has 1 heterocycles. The summed E-state index contributed by atoms with van der Waals surface area (Å²) in [4.78, 5) is 4.39. The second kappa shape index (κ2) is 6.26. The van der Waals surface area contributed by atoms with Crippen LogP contribution in [-0.2, 0) is 9.47 Å². The van der Waals surface area contributed by atoms with Gasteiger partial charge in [0.2, 0.25) is 0 Å². The summed E-state index contributed by atoms with van der Waals surface area (Å²) in [5.74, 6) is 0.0942. The first-order valence-corrected chi connectivity index (χ1v) is 8.02. The van der Waals surface area contributed by atoms with E-state index < -0.39 is 0 Å². The summed E-state index contributed by atoms with van der Waals surface area (Å²) in [6.07, 6.45) is 4.39. The highest BCUT2D eigenvalue weighted by Gasteiger charge is 2.43. The van der Waals surface area contributed by atoms with Crippen LogP contribution in [0.1, 0.15) is 36.8 Å². The average Bonchev–Trinajstić information content (AvgIpc) is 3.06. The quantitative estimate of drug-likeness (QED) is 0.665. The van der Waals surface area contributed by atoms with Crippen LogP contribution in [0.3, 0.4) is 0 Å². The Balaban J connectivity index is 1.54. The molecule has 1 unspecified atom stereocenters. The third-order valence-corrected chi connectivity index (χ3v) is 4.24. The summed E-state index contributed by atoms with van der Waals surface area (Å²) in [6.45, 7) is 5.28. The number of aryl methyl sites for hydroxylation is 2. The number of hydrogen-bond donors (Lipinski definition) is 2. The average molecular weight is 303 g/mol. The van der Waals surface area contributed by atoms with E-state index in [0.717, 1.165) is 18.5 Å². The molecule has 22 heavy (non-hydrogen) atoms. The second-order valence-electron chi connectivity index (χ2n) is 6.40. The van der Waals surface area contributed by atoms with E-state index in [4.69, 9.17) is 15.2 Å². The summed E-state index contributed by atoms with van der Waals surface area (Å²) in [6, 6.07) is 6.24. The first-order valence-electron chi connectivity index (χ1n) is 8.02. The lowest BCUT2D eigenvalue weighted by Gasteiger charge is -2.21. The molecular formula is C17H25N3O2. The molecular weight excluding hydrogens is 278 g/mol. The summed E-state index contributed by atoms with van der Waals surface area (Å²) in [5, 5.41) is 3.14. The number of benzene rings is 1. The van der Waals surface area contributed by atoms with E-state index in [2.05, 4.69) is 42.4 Å². The number of anilines is 1. The highest BCUT2D eigenvalue weighted by molar-refractivity contribution is 5.92. The van der Waals surface area contributed by atoms with Crippen molar-refractivity contribution in [2.24, 2.45) is 10.7 Å². The largest absolute Gasteiger partial charge is 0.370 e. The first kappa shape index (κ1) is 15.3. The maximum Gasteiger partial charge on any atom is 0.193 e. The van der Waals surface area contributed by atoms with E-state index in [1.165, 1.54) is 24.0 Å². The standard InChI is InChI=1S/C17H25N3O2/c1-12-7-13(2)9-14(8-12)20-16(18)19-10-15-11-21-17(22-15)5-3-4-6-17/h7-9,15H,3-6,10-11H2,1-2H3,(H3,18,19,20). The Bertz CT molecular complexity index is 545. The maximum absolute atomic E-state index is 6.04. The van der Waals surface area contributed by atoms with Crippen LogP contribution in [0.25, 0.3) is 0 Å². The Morgan fingerprint density at radius 2 is 1.95 bits per heavy atom. The fourth-order valence-electron chi connectivity index (χ4n) is 3.32. The third kappa shape index (κ3) is 3.59. The smallest absolute Gasteiger partial charge is 0.193 e. The maximum atomic E-state index is 6.04. The van der Waals surface area contributed by atoms with E-state index in [1.807, 2.05) is 0 Å². The van der Waals surface area contributed by atoms with Gasteiger partial charge in [0, 0.05) is 18.5 Å². The monoisotopic (exact) mass is 303 g/mol. The van der Waals surface area contributed by atoms with Crippen LogP contribution in [0.4, 0.5) is 5.69 Å². The van der Waals surface area contributed by atoms with Gasteiger partial charge in [0.1, 0.15) is 6.10 Å². The molecule has 2 aliphatic rings. The molecule has 5 heteroatoms. The minimum Gasteiger partial charge on any atom is -0.370 e. The van der Waals surface area contributed by atoms with Gasteiger partial charge in [-0.1, -0.05) is 6.07 Å². The Labute approximate surface area is 131 Å². The van der Waals surface area contributed by atoms with Crippen LogP contribution in [0, 0.1) is 13.8 Å². The van der Waals surface area contributed by atoms with Crippen molar-refractivity contribution in [1.29, 1.82) is 0 Å². The molecule has 0 bridgehead atoms. The Morgan fingerprint density at radius 3 is 2.64 bits per heavy atom. The van der Waals surface area contributed by atoms with Gasteiger partial charge in [-0.15, -0.1) is 0 Å². The van der Waals surface area contributed by atoms with E-state index in [0.29, 0.717) is 19.1 Å². The van der Waals surface area contributed by atoms with Gasteiger partial charge < -0.3 is 20.5 Å². The Hall–Kier alpha value is -1.59. The number of nitrogens with one attached hydrogen (secondary N) is 1. The normalized spacial score (nSPS) is 24.1. The highest BCUT2D eigenvalue weighted by atomic mass is 16.7. The number of nitrogens with two attached hydrogens (primary N) is 1. The molecule has 120 valence electrons. The number of rotatable bonds is 3. The lowest BCUT2D eigenvalue weighted by atomic mass is 10.1. The lowest BCUT2D eigenvalue weighted by Crippen LogP contribution is -2.28. The van der Waals surface area contributed by atoms with Crippen molar-refractivity contribution >= 4 is 11.6 Å². The minimum atomic E-state index is -0.323. The molecule has 5 nitrogen and oxygen atoms in total. The third-order valence-electron chi connectivity index (χ3n) is 4.24. The molecule has 1 aliphatic carbocycles. The molecule has 1 aromatic carbocycles. The lowest BCUT2D eigenvalue weighted by molar-refractivity contribution is -0.160. The molecule has 1 atom stereocenters. The van der Waals surface area contributed by atoms with Crippen molar-refractivity contribution in [3.05, 3.63) is 29.3 Å². The molecule has 0 radical (unpaired) electrons. The van der Waals surface area contributed by atoms with Crippen LogP contribution >= 0.6 is 0 Å². The van der Waals surface area contributed by atoms with Crippen LogP contribution in [-0.4, -0.2) is 31.0 Å². The Morgan fingerprint density at radius 1 is 1.27 bits per heavy atom. The second-order valence-corrected chi connectivity index (χ2v) is 6.40. The summed E-state index contributed by atoms with van der Waals surface area (Å²) in [7, 11) is 0. The molecule has 0 aromatic heterocycles. The van der Waals surface area contributed by atoms with Gasteiger partial charge in [0.25, 0.3) is 0 Å². The SMILES string of the molecule is Cc1cc(C)cc(NC(N)=NCC2COC3(CCCC3)O2)c1. The molecule has 1 spiro atoms. The molecule has 1 aromatic rings. The molecule has 1 saturated heterocycles. The number of aliphatic imine (C=N–C) groups is 1. The van der Waals surface area contributed by atoms with E-state index in [9.17, 15) is 0 Å². The molecule has 2 fully saturated rings. The molecule has 1 aliphatic heterocycles. The van der Waals surface area contributed by atoms with Gasteiger partial charge in [0.05, 0.1) is 13.2 Å². The topological polar surface area (TPSA) is 68.9 Å². The van der Waals surface area contributed by atoms with Gasteiger partial charge in [-0.05, 0) is 49.9 Å². The van der Waals surface area contributed by atoms with Crippen molar-refractivity contribution < 1.29 is 9.47 Å². The van der Waals surface area contributed by atoms with Crippen molar-refractivity contribution in [2.45, 2.75) is 51.4 Å². The number of guanidine groups is 1. The number of ether oxygens (including phenoxy) is 2. The van der Waals surface area contributed by atoms with Crippen molar-refractivity contribution in [3.8, 4) is 0 Å². The van der Waals surface area contributed by atoms with E-state index in [1.54, 1.807) is 0 Å². The molecule has 3 rings (SSSR count). The zero-order chi connectivity index (χ0) is 15.6. The molecule has 3 N–H and O–H groups in total. The predicted octanol–water partition coefficient (Wildman–Crippen LogP) is 2.72. The van der Waals surface area contributed by atoms with E-state index in [-0.39, 0.29) is 11.9 Å². The zero-order valence-corrected chi connectivity index (χ0v) is 13.4. The Kier molecular flexibility index (Phi) is 4.36. The van der Waals surface area contributed by atoms with Gasteiger partial charge in [0.15, 0.2) is 11.7 Å². The number of nitrogens with zero attached hydrogens (tertiary/aromatic N) is 1. The fourth-order valence-corrected chi connectivity index (χ4v) is 3.32. The van der Waals surface area contributed by atoms with Gasteiger partial charge in [-0.3, -0.25) is 4.99 Å². The number of hydrogen-bond acceptors (Lipinski definition) is 3. The van der Waals surface area contributed by atoms with Crippen LogP contribution in [0.2, 0.25) is 0 Å². The van der Waals surface area contributed by atoms with Gasteiger partial charge >= 0.3 is 0 Å².